The van der Waals surface area contributed by atoms with E-state index in [-0.39, 0.29) is 11.8 Å². The van der Waals surface area contributed by atoms with Gasteiger partial charge < -0.3 is 19.7 Å². The number of rotatable bonds is 5. The van der Waals surface area contributed by atoms with Crippen LogP contribution in [0, 0.1) is 6.92 Å². The molecule has 6 heteroatoms. The number of aryl methyl sites for hydroxylation is 1. The fraction of sp³-hybridized carbons (Fsp3) is 0.300. The van der Waals surface area contributed by atoms with Gasteiger partial charge in [-0.2, -0.15) is 0 Å². The van der Waals surface area contributed by atoms with Gasteiger partial charge in [0.2, 0.25) is 5.91 Å². The number of nitrogens with zero attached hydrogens (tertiary/aromatic N) is 1. The Morgan fingerprint density at radius 3 is 2.81 bits per heavy atom. The van der Waals surface area contributed by atoms with Gasteiger partial charge in [-0.05, 0) is 49.7 Å². The Kier molecular flexibility index (Phi) is 5.11. The third-order valence-electron chi connectivity index (χ3n) is 4.06. The molecule has 2 amide bonds. The van der Waals surface area contributed by atoms with Crippen molar-refractivity contribution in [2.75, 3.05) is 23.4 Å². The predicted octanol–water partition coefficient (Wildman–Crippen LogP) is 3.15. The summed E-state index contributed by atoms with van der Waals surface area (Å²) in [7, 11) is 0. The molecule has 26 heavy (non-hydrogen) atoms. The minimum absolute atomic E-state index is 0.134. The van der Waals surface area contributed by atoms with Crippen molar-refractivity contribution in [3.8, 4) is 11.5 Å². The molecule has 2 aromatic rings. The molecule has 1 aliphatic heterocycles. The second-order valence-corrected chi connectivity index (χ2v) is 6.28. The zero-order valence-electron chi connectivity index (χ0n) is 15.1. The first-order chi connectivity index (χ1) is 12.4. The number of fused-ring (bicyclic) bond motifs is 1. The molecule has 1 aliphatic rings. The van der Waals surface area contributed by atoms with E-state index >= 15 is 0 Å². The summed E-state index contributed by atoms with van der Waals surface area (Å²) in [5.41, 5.74) is 2.36. The second kappa shape index (κ2) is 7.47. The molecule has 0 fully saturated rings. The van der Waals surface area contributed by atoms with Gasteiger partial charge in [-0.15, -0.1) is 0 Å². The van der Waals surface area contributed by atoms with E-state index in [9.17, 15) is 9.59 Å². The zero-order chi connectivity index (χ0) is 18.7. The van der Waals surface area contributed by atoms with Gasteiger partial charge in [0.25, 0.3) is 5.91 Å². The average molecular weight is 354 g/mol. The minimum atomic E-state index is -0.562. The molecule has 1 N–H and O–H groups in total. The lowest BCUT2D eigenvalue weighted by Gasteiger charge is -2.33. The number of nitrogens with one attached hydrogen (secondary N) is 1. The Balaban J connectivity index is 1.77. The van der Waals surface area contributed by atoms with E-state index in [2.05, 4.69) is 5.32 Å². The summed E-state index contributed by atoms with van der Waals surface area (Å²) in [4.78, 5) is 25.5. The first-order valence-electron chi connectivity index (χ1n) is 8.53. The molecular formula is C20H22N2O4. The van der Waals surface area contributed by atoms with Crippen LogP contribution in [0.5, 0.6) is 11.5 Å². The van der Waals surface area contributed by atoms with Crippen molar-refractivity contribution in [2.24, 2.45) is 0 Å². The Morgan fingerprint density at radius 1 is 1.27 bits per heavy atom. The first-order valence-corrected chi connectivity index (χ1v) is 8.53. The van der Waals surface area contributed by atoms with E-state index in [1.54, 1.807) is 30.0 Å². The number of amides is 2. The van der Waals surface area contributed by atoms with Gasteiger partial charge in [0, 0.05) is 12.6 Å². The maximum absolute atomic E-state index is 12.6. The van der Waals surface area contributed by atoms with Gasteiger partial charge in [-0.1, -0.05) is 12.1 Å². The van der Waals surface area contributed by atoms with Crippen LogP contribution >= 0.6 is 0 Å². The van der Waals surface area contributed by atoms with Crippen LogP contribution in [-0.2, 0) is 9.59 Å². The van der Waals surface area contributed by atoms with Crippen molar-refractivity contribution < 1.29 is 19.1 Å². The van der Waals surface area contributed by atoms with Crippen LogP contribution in [0.15, 0.2) is 42.5 Å². The van der Waals surface area contributed by atoms with Crippen LogP contribution in [0.25, 0.3) is 0 Å². The maximum Gasteiger partial charge on any atom is 0.267 e. The number of carbonyl (C=O) groups excluding carboxylic acids is 2. The highest BCUT2D eigenvalue weighted by molar-refractivity contribution is 6.01. The SMILES string of the molecule is CC(=O)Nc1ccc2c(c1)N(CCOc1cccc(C)c1)C(=O)C(C)O2. The molecule has 6 nitrogen and oxygen atoms in total. The van der Waals surface area contributed by atoms with Crippen LogP contribution in [0.4, 0.5) is 11.4 Å². The molecule has 0 aromatic heterocycles. The Morgan fingerprint density at radius 2 is 2.08 bits per heavy atom. The molecule has 0 saturated carbocycles. The minimum Gasteiger partial charge on any atom is -0.492 e. The summed E-state index contributed by atoms with van der Waals surface area (Å²) in [6.07, 6.45) is -0.562. The quantitative estimate of drug-likeness (QED) is 0.896. The van der Waals surface area contributed by atoms with E-state index in [4.69, 9.17) is 9.47 Å². The molecule has 3 rings (SSSR count). The molecule has 0 saturated heterocycles. The number of hydrogen-bond donors (Lipinski definition) is 1. The van der Waals surface area contributed by atoms with Crippen molar-refractivity contribution in [1.82, 2.24) is 0 Å². The molecular weight excluding hydrogens is 332 g/mol. The highest BCUT2D eigenvalue weighted by Crippen LogP contribution is 2.36. The summed E-state index contributed by atoms with van der Waals surface area (Å²) >= 11 is 0. The average Bonchev–Trinajstić information content (AvgIpc) is 2.58. The van der Waals surface area contributed by atoms with Crippen molar-refractivity contribution in [3.05, 3.63) is 48.0 Å². The fourth-order valence-corrected chi connectivity index (χ4v) is 2.88. The maximum atomic E-state index is 12.6. The van der Waals surface area contributed by atoms with E-state index in [1.165, 1.54) is 6.92 Å². The van der Waals surface area contributed by atoms with Gasteiger partial charge in [-0.3, -0.25) is 9.59 Å². The highest BCUT2D eigenvalue weighted by atomic mass is 16.5. The van der Waals surface area contributed by atoms with Gasteiger partial charge in [0.1, 0.15) is 18.1 Å². The molecule has 0 bridgehead atoms. The number of hydrogen-bond acceptors (Lipinski definition) is 4. The number of carbonyl (C=O) groups is 2. The fourth-order valence-electron chi connectivity index (χ4n) is 2.88. The molecule has 136 valence electrons. The standard InChI is InChI=1S/C20H22N2O4/c1-13-5-4-6-17(11-13)25-10-9-22-18-12-16(21-15(3)23)7-8-19(18)26-14(2)20(22)24/h4-8,11-12,14H,9-10H2,1-3H3,(H,21,23). The van der Waals surface area contributed by atoms with Crippen molar-refractivity contribution in [2.45, 2.75) is 26.9 Å². The van der Waals surface area contributed by atoms with Gasteiger partial charge in [-0.25, -0.2) is 0 Å². The lowest BCUT2D eigenvalue weighted by molar-refractivity contribution is -0.125. The molecule has 0 radical (unpaired) electrons. The van der Waals surface area contributed by atoms with Crippen LogP contribution < -0.4 is 19.7 Å². The van der Waals surface area contributed by atoms with Crippen molar-refractivity contribution in [1.29, 1.82) is 0 Å². The Bertz CT molecular complexity index is 834. The van der Waals surface area contributed by atoms with E-state index in [0.29, 0.717) is 30.3 Å². The van der Waals surface area contributed by atoms with Crippen molar-refractivity contribution in [3.63, 3.8) is 0 Å². The third-order valence-corrected chi connectivity index (χ3v) is 4.06. The highest BCUT2D eigenvalue weighted by Gasteiger charge is 2.31. The third kappa shape index (κ3) is 3.96. The number of ether oxygens (including phenoxy) is 2. The summed E-state index contributed by atoms with van der Waals surface area (Å²) in [5.74, 6) is 1.08. The van der Waals surface area contributed by atoms with Crippen LogP contribution in [0.2, 0.25) is 0 Å². The summed E-state index contributed by atoms with van der Waals surface area (Å²) in [6.45, 7) is 5.90. The smallest absolute Gasteiger partial charge is 0.267 e. The van der Waals surface area contributed by atoms with Crippen LogP contribution in [-0.4, -0.2) is 31.1 Å². The Labute approximate surface area is 152 Å². The largest absolute Gasteiger partial charge is 0.492 e. The molecule has 0 aliphatic carbocycles. The number of benzene rings is 2. The molecule has 1 heterocycles. The van der Waals surface area contributed by atoms with Gasteiger partial charge in [0.05, 0.1) is 12.2 Å². The zero-order valence-corrected chi connectivity index (χ0v) is 15.1. The van der Waals surface area contributed by atoms with Gasteiger partial charge >= 0.3 is 0 Å². The van der Waals surface area contributed by atoms with Crippen molar-refractivity contribution >= 4 is 23.2 Å². The van der Waals surface area contributed by atoms with E-state index in [1.807, 2.05) is 31.2 Å². The second-order valence-electron chi connectivity index (χ2n) is 6.28. The Hall–Kier alpha value is -3.02. The molecule has 0 spiro atoms. The predicted molar refractivity (Wildman–Crippen MR) is 99.9 cm³/mol. The van der Waals surface area contributed by atoms with Crippen LogP contribution in [0.1, 0.15) is 19.4 Å². The lowest BCUT2D eigenvalue weighted by Crippen LogP contribution is -2.46. The van der Waals surface area contributed by atoms with Crippen LogP contribution in [0.3, 0.4) is 0 Å². The monoisotopic (exact) mass is 354 g/mol. The number of anilines is 2. The topological polar surface area (TPSA) is 67.9 Å². The van der Waals surface area contributed by atoms with E-state index in [0.717, 1.165) is 11.3 Å². The lowest BCUT2D eigenvalue weighted by atomic mass is 10.1. The van der Waals surface area contributed by atoms with Gasteiger partial charge in [0.15, 0.2) is 6.10 Å². The molecule has 1 unspecified atom stereocenters. The molecule has 1 atom stereocenters. The summed E-state index contributed by atoms with van der Waals surface area (Å²) < 4.78 is 11.4. The van der Waals surface area contributed by atoms with E-state index < -0.39 is 6.10 Å². The molecule has 2 aromatic carbocycles. The normalized spacial score (nSPS) is 15.9. The summed E-state index contributed by atoms with van der Waals surface area (Å²) in [6, 6.07) is 13.0. The summed E-state index contributed by atoms with van der Waals surface area (Å²) in [5, 5.41) is 2.73. The first kappa shape index (κ1) is 17.8.